The van der Waals surface area contributed by atoms with Crippen LogP contribution in [0, 0.1) is 17.2 Å². The number of nitriles is 1. The number of hydrogen-bond acceptors (Lipinski definition) is 2. The van der Waals surface area contributed by atoms with Gasteiger partial charge in [0.2, 0.25) is 0 Å². The first-order chi connectivity index (χ1) is 8.83. The molecule has 0 aliphatic heterocycles. The maximum absolute atomic E-state index is 8.98. The van der Waals surface area contributed by atoms with E-state index in [1.165, 1.54) is 17.4 Å². The molecule has 3 heteroatoms. The Morgan fingerprint density at radius 3 is 3.17 bits per heavy atom. The minimum atomic E-state index is 0.659. The van der Waals surface area contributed by atoms with Gasteiger partial charge in [0.1, 0.15) is 0 Å². The van der Waals surface area contributed by atoms with Gasteiger partial charge in [0, 0.05) is 17.1 Å². The Labute approximate surface area is 107 Å². The Morgan fingerprint density at radius 2 is 2.39 bits per heavy atom. The second kappa shape index (κ2) is 4.47. The average molecular weight is 239 g/mol. The van der Waals surface area contributed by atoms with Gasteiger partial charge in [-0.3, -0.25) is 0 Å². The fraction of sp³-hybridized carbons (Fsp3) is 0.400. The van der Waals surface area contributed by atoms with E-state index in [0.717, 1.165) is 30.1 Å². The van der Waals surface area contributed by atoms with Crippen molar-refractivity contribution in [3.05, 3.63) is 35.5 Å². The molecule has 18 heavy (non-hydrogen) atoms. The Bertz CT molecular complexity index is 606. The number of hydrogen-bond donors (Lipinski definition) is 2. The maximum atomic E-state index is 8.98. The Hall–Kier alpha value is -1.79. The number of nitrogens with one attached hydrogen (secondary N) is 2. The van der Waals surface area contributed by atoms with Gasteiger partial charge in [0.15, 0.2) is 0 Å². The zero-order valence-corrected chi connectivity index (χ0v) is 10.5. The lowest BCUT2D eigenvalue weighted by atomic mass is 10.1. The van der Waals surface area contributed by atoms with Crippen LogP contribution in [0.5, 0.6) is 0 Å². The molecule has 0 amide bonds. The molecule has 0 bridgehead atoms. The van der Waals surface area contributed by atoms with Crippen LogP contribution in [-0.4, -0.2) is 18.1 Å². The number of H-pyrrole nitrogens is 1. The highest BCUT2D eigenvalue weighted by Crippen LogP contribution is 2.49. The number of fused-ring (bicyclic) bond motifs is 1. The summed E-state index contributed by atoms with van der Waals surface area (Å²) in [4.78, 5) is 3.31. The molecule has 2 atom stereocenters. The van der Waals surface area contributed by atoms with Gasteiger partial charge in [-0.2, -0.15) is 5.26 Å². The van der Waals surface area contributed by atoms with E-state index < -0.39 is 0 Å². The number of rotatable bonds is 4. The average Bonchev–Trinajstić information content (AvgIpc) is 3.05. The summed E-state index contributed by atoms with van der Waals surface area (Å²) in [7, 11) is 0. The summed E-state index contributed by atoms with van der Waals surface area (Å²) in [6, 6.07) is 8.08. The third kappa shape index (κ3) is 1.89. The smallest absolute Gasteiger partial charge is 0.0991 e. The van der Waals surface area contributed by atoms with Crippen LogP contribution < -0.4 is 5.32 Å². The molecule has 3 nitrogen and oxygen atoms in total. The molecule has 2 unspecified atom stereocenters. The number of nitrogens with zero attached hydrogens (tertiary/aromatic N) is 1. The SMILES string of the molecule is CCNCC1CC1c1c[nH]c2ccc(C#N)cc12. The first-order valence-electron chi connectivity index (χ1n) is 6.55. The minimum Gasteiger partial charge on any atom is -0.361 e. The minimum absolute atomic E-state index is 0.659. The first kappa shape index (κ1) is 11.3. The monoisotopic (exact) mass is 239 g/mol. The van der Waals surface area contributed by atoms with Gasteiger partial charge in [0.05, 0.1) is 11.6 Å². The van der Waals surface area contributed by atoms with Crippen molar-refractivity contribution < 1.29 is 0 Å². The predicted molar refractivity (Wildman–Crippen MR) is 72.4 cm³/mol. The van der Waals surface area contributed by atoms with Gasteiger partial charge in [0.25, 0.3) is 0 Å². The van der Waals surface area contributed by atoms with E-state index in [2.05, 4.69) is 29.5 Å². The van der Waals surface area contributed by atoms with Crippen LogP contribution in [-0.2, 0) is 0 Å². The van der Waals surface area contributed by atoms with Crippen LogP contribution in [0.15, 0.2) is 24.4 Å². The van der Waals surface area contributed by atoms with Crippen LogP contribution in [0.2, 0.25) is 0 Å². The molecule has 92 valence electrons. The second-order valence-corrected chi connectivity index (χ2v) is 5.03. The Balaban J connectivity index is 1.87. The van der Waals surface area contributed by atoms with E-state index in [-0.39, 0.29) is 0 Å². The molecule has 1 fully saturated rings. The zero-order chi connectivity index (χ0) is 12.5. The molecular formula is C15H17N3. The molecule has 0 saturated heterocycles. The normalized spacial score (nSPS) is 22.0. The lowest BCUT2D eigenvalue weighted by molar-refractivity contribution is 0.650. The molecule has 1 aromatic heterocycles. The van der Waals surface area contributed by atoms with Crippen molar-refractivity contribution in [2.75, 3.05) is 13.1 Å². The highest BCUT2D eigenvalue weighted by atomic mass is 14.9. The first-order valence-corrected chi connectivity index (χ1v) is 6.55. The van der Waals surface area contributed by atoms with Gasteiger partial charge >= 0.3 is 0 Å². The van der Waals surface area contributed by atoms with E-state index in [9.17, 15) is 0 Å². The van der Waals surface area contributed by atoms with Crippen molar-refractivity contribution in [3.63, 3.8) is 0 Å². The highest BCUT2D eigenvalue weighted by Gasteiger charge is 2.38. The number of benzene rings is 1. The maximum Gasteiger partial charge on any atom is 0.0991 e. The number of aromatic amines is 1. The quantitative estimate of drug-likeness (QED) is 0.862. The summed E-state index contributed by atoms with van der Waals surface area (Å²) in [6.45, 7) is 4.28. The van der Waals surface area contributed by atoms with Gasteiger partial charge in [-0.15, -0.1) is 0 Å². The Kier molecular flexibility index (Phi) is 2.81. The number of aromatic nitrogens is 1. The van der Waals surface area contributed by atoms with E-state index in [1.807, 2.05) is 18.2 Å². The molecule has 2 aromatic rings. The van der Waals surface area contributed by atoms with Crippen LogP contribution in [0.1, 0.15) is 30.4 Å². The van der Waals surface area contributed by atoms with E-state index in [4.69, 9.17) is 5.26 Å². The molecule has 1 heterocycles. The van der Waals surface area contributed by atoms with Crippen molar-refractivity contribution >= 4 is 10.9 Å². The van der Waals surface area contributed by atoms with Crippen molar-refractivity contribution in [1.82, 2.24) is 10.3 Å². The largest absolute Gasteiger partial charge is 0.361 e. The molecule has 1 aromatic carbocycles. The summed E-state index contributed by atoms with van der Waals surface area (Å²) >= 11 is 0. The van der Waals surface area contributed by atoms with E-state index in [0.29, 0.717) is 5.92 Å². The Morgan fingerprint density at radius 1 is 1.50 bits per heavy atom. The van der Waals surface area contributed by atoms with E-state index >= 15 is 0 Å². The second-order valence-electron chi connectivity index (χ2n) is 5.03. The topological polar surface area (TPSA) is 51.6 Å². The fourth-order valence-corrected chi connectivity index (χ4v) is 2.70. The molecule has 1 saturated carbocycles. The molecule has 1 aliphatic rings. The highest BCUT2D eigenvalue weighted by molar-refractivity contribution is 5.85. The zero-order valence-electron chi connectivity index (χ0n) is 10.5. The van der Waals surface area contributed by atoms with Gasteiger partial charge < -0.3 is 10.3 Å². The standard InChI is InChI=1S/C15H17N3/c1-2-17-8-11-6-12(11)14-9-18-15-4-3-10(7-16)5-13(14)15/h3-5,9,11-12,17-18H,2,6,8H2,1H3. The summed E-state index contributed by atoms with van der Waals surface area (Å²) in [6.07, 6.45) is 3.37. The lowest BCUT2D eigenvalue weighted by Crippen LogP contribution is -2.16. The predicted octanol–water partition coefficient (Wildman–Crippen LogP) is 2.75. The van der Waals surface area contributed by atoms with E-state index in [1.54, 1.807) is 0 Å². The van der Waals surface area contributed by atoms with Gasteiger partial charge in [-0.25, -0.2) is 0 Å². The van der Waals surface area contributed by atoms with Crippen molar-refractivity contribution in [2.45, 2.75) is 19.3 Å². The van der Waals surface area contributed by atoms with Crippen LogP contribution in [0.4, 0.5) is 0 Å². The summed E-state index contributed by atoms with van der Waals surface area (Å²) in [5, 5.41) is 13.6. The molecule has 3 rings (SSSR count). The molecule has 2 N–H and O–H groups in total. The van der Waals surface area contributed by atoms with Gasteiger partial charge in [-0.1, -0.05) is 6.92 Å². The summed E-state index contributed by atoms with van der Waals surface area (Å²) < 4.78 is 0. The fourth-order valence-electron chi connectivity index (χ4n) is 2.70. The van der Waals surface area contributed by atoms with Crippen LogP contribution in [0.25, 0.3) is 10.9 Å². The molecular weight excluding hydrogens is 222 g/mol. The lowest BCUT2D eigenvalue weighted by Gasteiger charge is -2.00. The molecule has 1 aliphatic carbocycles. The van der Waals surface area contributed by atoms with Crippen LogP contribution in [0.3, 0.4) is 0 Å². The molecule has 0 spiro atoms. The third-order valence-electron chi connectivity index (χ3n) is 3.82. The summed E-state index contributed by atoms with van der Waals surface area (Å²) in [5.41, 5.74) is 3.26. The van der Waals surface area contributed by atoms with Crippen LogP contribution >= 0.6 is 0 Å². The van der Waals surface area contributed by atoms with Gasteiger partial charge in [-0.05, 0) is 55.1 Å². The molecule has 0 radical (unpaired) electrons. The van der Waals surface area contributed by atoms with Crippen molar-refractivity contribution in [2.24, 2.45) is 5.92 Å². The third-order valence-corrected chi connectivity index (χ3v) is 3.82. The van der Waals surface area contributed by atoms with Crippen molar-refractivity contribution in [1.29, 1.82) is 5.26 Å². The summed E-state index contributed by atoms with van der Waals surface area (Å²) in [5.74, 6) is 1.42. The van der Waals surface area contributed by atoms with Crippen molar-refractivity contribution in [3.8, 4) is 6.07 Å².